The molecule has 0 spiro atoms. The lowest BCUT2D eigenvalue weighted by molar-refractivity contribution is -0.121. The van der Waals surface area contributed by atoms with Crippen LogP contribution in [-0.4, -0.2) is 11.1 Å². The van der Waals surface area contributed by atoms with Crippen molar-refractivity contribution >= 4 is 5.91 Å². The van der Waals surface area contributed by atoms with Gasteiger partial charge in [0.25, 0.3) is 0 Å². The van der Waals surface area contributed by atoms with Crippen molar-refractivity contribution in [2.45, 2.75) is 45.8 Å². The average molecular weight is 390 g/mol. The molecule has 150 valence electrons. The molecule has 1 aromatic heterocycles. The predicted molar refractivity (Wildman–Crippen MR) is 111 cm³/mol. The summed E-state index contributed by atoms with van der Waals surface area (Å²) in [5, 5.41) is 7.16. The first-order valence-electron chi connectivity index (χ1n) is 10.1. The van der Waals surface area contributed by atoms with Gasteiger partial charge >= 0.3 is 0 Å². The van der Waals surface area contributed by atoms with Gasteiger partial charge in [-0.2, -0.15) is 0 Å². The maximum absolute atomic E-state index is 12.6. The predicted octanol–water partition coefficient (Wildman–Crippen LogP) is 4.68. The first kappa shape index (κ1) is 19.2. The number of aryl methyl sites for hydroxylation is 2. The molecule has 0 radical (unpaired) electrons. The molecule has 1 amide bonds. The van der Waals surface area contributed by atoms with E-state index in [0.29, 0.717) is 18.9 Å². The van der Waals surface area contributed by atoms with E-state index in [-0.39, 0.29) is 11.9 Å². The molecule has 0 aliphatic heterocycles. The summed E-state index contributed by atoms with van der Waals surface area (Å²) in [7, 11) is 0. The number of benzene rings is 2. The second kappa shape index (κ2) is 8.52. The van der Waals surface area contributed by atoms with Crippen LogP contribution < -0.4 is 10.1 Å². The van der Waals surface area contributed by atoms with Crippen LogP contribution in [-0.2, 0) is 17.8 Å². The van der Waals surface area contributed by atoms with E-state index in [1.165, 1.54) is 18.4 Å². The van der Waals surface area contributed by atoms with Gasteiger partial charge in [-0.25, -0.2) is 0 Å². The Hall–Kier alpha value is -3.08. The van der Waals surface area contributed by atoms with Crippen molar-refractivity contribution < 1.29 is 14.1 Å². The number of nitrogens with zero attached hydrogens (tertiary/aromatic N) is 1. The normalized spacial score (nSPS) is 14.4. The van der Waals surface area contributed by atoms with Crippen molar-refractivity contribution in [2.24, 2.45) is 5.92 Å². The number of rotatable bonds is 8. The van der Waals surface area contributed by atoms with Gasteiger partial charge in [0, 0.05) is 0 Å². The molecule has 2 aromatic carbocycles. The number of hydrogen-bond acceptors (Lipinski definition) is 4. The van der Waals surface area contributed by atoms with Crippen LogP contribution in [0.4, 0.5) is 0 Å². The Morgan fingerprint density at radius 1 is 1.14 bits per heavy atom. The first-order valence-corrected chi connectivity index (χ1v) is 10.1. The third-order valence-electron chi connectivity index (χ3n) is 5.42. The molecule has 3 aromatic rings. The second-order valence-electron chi connectivity index (χ2n) is 7.71. The van der Waals surface area contributed by atoms with Gasteiger partial charge in [-0.15, -0.1) is 0 Å². The highest BCUT2D eigenvalue weighted by atomic mass is 16.5. The molecule has 1 heterocycles. The molecule has 1 fully saturated rings. The van der Waals surface area contributed by atoms with Gasteiger partial charge < -0.3 is 14.6 Å². The fraction of sp³-hybridized carbons (Fsp3) is 0.333. The molecule has 29 heavy (non-hydrogen) atoms. The van der Waals surface area contributed by atoms with Crippen LogP contribution >= 0.6 is 0 Å². The van der Waals surface area contributed by atoms with Gasteiger partial charge in [0.2, 0.25) is 5.91 Å². The van der Waals surface area contributed by atoms with Crippen molar-refractivity contribution in [2.75, 3.05) is 0 Å². The van der Waals surface area contributed by atoms with Gasteiger partial charge in [-0.1, -0.05) is 47.6 Å². The Bertz CT molecular complexity index is 940. The summed E-state index contributed by atoms with van der Waals surface area (Å²) in [6.07, 6.45) is 2.72. The van der Waals surface area contributed by atoms with E-state index in [0.717, 1.165) is 28.3 Å². The summed E-state index contributed by atoms with van der Waals surface area (Å²) in [6, 6.07) is 18.0. The molecule has 1 atom stereocenters. The van der Waals surface area contributed by atoms with E-state index in [1.807, 2.05) is 56.3 Å². The van der Waals surface area contributed by atoms with Crippen LogP contribution in [0, 0.1) is 19.8 Å². The zero-order valence-corrected chi connectivity index (χ0v) is 16.9. The molecule has 0 bridgehead atoms. The number of carbonyl (C=O) groups is 1. The standard InChI is InChI=1S/C24H26N2O3/c1-16-22(17(2)29-26-16)15-28-21-12-8-18(9-13-21)14-23(27)25-24(20-10-11-20)19-6-4-3-5-7-19/h3-9,12-13,20,24H,10-11,14-15H2,1-2H3,(H,25,27). The maximum atomic E-state index is 12.6. The van der Waals surface area contributed by atoms with Crippen LogP contribution in [0.2, 0.25) is 0 Å². The minimum atomic E-state index is 0.0511. The minimum Gasteiger partial charge on any atom is -0.489 e. The van der Waals surface area contributed by atoms with Crippen molar-refractivity contribution in [3.05, 3.63) is 82.7 Å². The highest BCUT2D eigenvalue weighted by molar-refractivity contribution is 5.79. The zero-order chi connectivity index (χ0) is 20.2. The summed E-state index contributed by atoms with van der Waals surface area (Å²) >= 11 is 0. The number of aromatic nitrogens is 1. The van der Waals surface area contributed by atoms with Gasteiger partial charge in [0.1, 0.15) is 18.1 Å². The van der Waals surface area contributed by atoms with Crippen molar-refractivity contribution in [3.8, 4) is 5.75 Å². The van der Waals surface area contributed by atoms with Gasteiger partial charge in [0.05, 0.1) is 23.7 Å². The Labute approximate surface area is 171 Å². The summed E-state index contributed by atoms with van der Waals surface area (Å²) in [6.45, 7) is 4.20. The number of amides is 1. The zero-order valence-electron chi connectivity index (χ0n) is 16.9. The van der Waals surface area contributed by atoms with Gasteiger partial charge in [-0.05, 0) is 55.9 Å². The van der Waals surface area contributed by atoms with Crippen LogP contribution in [0.5, 0.6) is 5.75 Å². The second-order valence-corrected chi connectivity index (χ2v) is 7.71. The Kier molecular flexibility index (Phi) is 5.65. The summed E-state index contributed by atoms with van der Waals surface area (Å²) in [4.78, 5) is 12.6. The molecule has 1 saturated carbocycles. The molecular formula is C24H26N2O3. The monoisotopic (exact) mass is 390 g/mol. The lowest BCUT2D eigenvalue weighted by Gasteiger charge is -2.19. The number of carbonyl (C=O) groups excluding carboxylic acids is 1. The summed E-state index contributed by atoms with van der Waals surface area (Å²) in [5.74, 6) is 2.14. The third kappa shape index (κ3) is 4.86. The highest BCUT2D eigenvalue weighted by Gasteiger charge is 2.33. The van der Waals surface area contributed by atoms with Crippen LogP contribution in [0.25, 0.3) is 0 Å². The SMILES string of the molecule is Cc1noc(C)c1COc1ccc(CC(=O)NC(c2ccccc2)C2CC2)cc1. The topological polar surface area (TPSA) is 64.4 Å². The Balaban J connectivity index is 1.33. The molecule has 0 saturated heterocycles. The minimum absolute atomic E-state index is 0.0511. The van der Waals surface area contributed by atoms with Crippen LogP contribution in [0.1, 0.15) is 47.0 Å². The Morgan fingerprint density at radius 3 is 2.48 bits per heavy atom. The highest BCUT2D eigenvalue weighted by Crippen LogP contribution is 2.40. The number of nitrogens with one attached hydrogen (secondary N) is 1. The lowest BCUT2D eigenvalue weighted by atomic mass is 10.0. The molecule has 1 aliphatic carbocycles. The number of hydrogen-bond donors (Lipinski definition) is 1. The molecule has 5 nitrogen and oxygen atoms in total. The van der Waals surface area contributed by atoms with Crippen molar-refractivity contribution in [3.63, 3.8) is 0 Å². The lowest BCUT2D eigenvalue weighted by Crippen LogP contribution is -2.31. The maximum Gasteiger partial charge on any atom is 0.224 e. The molecule has 5 heteroatoms. The number of ether oxygens (including phenoxy) is 1. The smallest absolute Gasteiger partial charge is 0.224 e. The van der Waals surface area contributed by atoms with E-state index < -0.39 is 0 Å². The van der Waals surface area contributed by atoms with Crippen LogP contribution in [0.15, 0.2) is 59.1 Å². The molecule has 4 rings (SSSR count). The van der Waals surface area contributed by atoms with E-state index in [2.05, 4.69) is 22.6 Å². The largest absolute Gasteiger partial charge is 0.489 e. The Morgan fingerprint density at radius 2 is 1.86 bits per heavy atom. The van der Waals surface area contributed by atoms with Crippen LogP contribution in [0.3, 0.4) is 0 Å². The van der Waals surface area contributed by atoms with Crippen molar-refractivity contribution in [1.82, 2.24) is 10.5 Å². The van der Waals surface area contributed by atoms with Gasteiger partial charge in [-0.3, -0.25) is 4.79 Å². The molecular weight excluding hydrogens is 364 g/mol. The molecule has 1 unspecified atom stereocenters. The van der Waals surface area contributed by atoms with E-state index in [9.17, 15) is 4.79 Å². The molecule has 1 N–H and O–H groups in total. The third-order valence-corrected chi connectivity index (χ3v) is 5.42. The fourth-order valence-corrected chi connectivity index (χ4v) is 3.54. The summed E-state index contributed by atoms with van der Waals surface area (Å²) in [5.41, 5.74) is 3.97. The average Bonchev–Trinajstić information content (AvgIpc) is 3.52. The van der Waals surface area contributed by atoms with Gasteiger partial charge in [0.15, 0.2) is 0 Å². The fourth-order valence-electron chi connectivity index (χ4n) is 3.54. The van der Waals surface area contributed by atoms with E-state index in [4.69, 9.17) is 9.26 Å². The van der Waals surface area contributed by atoms with Crippen molar-refractivity contribution in [1.29, 1.82) is 0 Å². The molecule has 1 aliphatic rings. The van der Waals surface area contributed by atoms with E-state index in [1.54, 1.807) is 0 Å². The first-order chi connectivity index (χ1) is 14.1. The van der Waals surface area contributed by atoms with E-state index >= 15 is 0 Å². The quantitative estimate of drug-likeness (QED) is 0.606. The summed E-state index contributed by atoms with van der Waals surface area (Å²) < 4.78 is 11.0.